The van der Waals surface area contributed by atoms with Crippen molar-refractivity contribution in [3.63, 3.8) is 0 Å². The third-order valence-corrected chi connectivity index (χ3v) is 2.44. The average Bonchev–Trinajstić information content (AvgIpc) is 2.39. The summed E-state index contributed by atoms with van der Waals surface area (Å²) in [4.78, 5) is 21.9. The zero-order valence-corrected chi connectivity index (χ0v) is 9.95. The summed E-state index contributed by atoms with van der Waals surface area (Å²) < 4.78 is 43.2. The summed E-state index contributed by atoms with van der Waals surface area (Å²) in [5, 5.41) is 4.42. The maximum Gasteiger partial charge on any atom is 0.419 e. The number of halogens is 3. The van der Waals surface area contributed by atoms with Crippen LogP contribution in [-0.4, -0.2) is 10.2 Å². The Balaban J connectivity index is 2.21. The predicted octanol–water partition coefficient (Wildman–Crippen LogP) is 1.66. The van der Waals surface area contributed by atoms with E-state index in [1.165, 1.54) is 18.2 Å². The Kier molecular flexibility index (Phi) is 3.64. The minimum Gasteiger partial charge on any atom is -0.487 e. The second kappa shape index (κ2) is 5.24. The van der Waals surface area contributed by atoms with Gasteiger partial charge >= 0.3 is 11.7 Å². The minimum atomic E-state index is -4.53. The molecular weight excluding hydrogens is 277 g/mol. The van der Waals surface area contributed by atoms with E-state index in [1.807, 2.05) is 0 Å². The molecule has 0 aliphatic heterocycles. The maximum atomic E-state index is 12.7. The summed E-state index contributed by atoms with van der Waals surface area (Å²) in [5.41, 5.74) is -2.39. The summed E-state index contributed by atoms with van der Waals surface area (Å²) in [5.74, 6) is -0.355. The van der Waals surface area contributed by atoms with E-state index < -0.39 is 22.7 Å². The van der Waals surface area contributed by atoms with E-state index in [1.54, 1.807) is 0 Å². The van der Waals surface area contributed by atoms with Crippen molar-refractivity contribution in [1.29, 1.82) is 0 Å². The molecule has 0 atom stereocenters. The zero-order valence-electron chi connectivity index (χ0n) is 9.95. The Morgan fingerprint density at radius 3 is 2.45 bits per heavy atom. The molecule has 1 aromatic carbocycles. The lowest BCUT2D eigenvalue weighted by molar-refractivity contribution is -0.139. The Morgan fingerprint density at radius 1 is 1.10 bits per heavy atom. The van der Waals surface area contributed by atoms with Crippen molar-refractivity contribution in [3.05, 3.63) is 62.2 Å². The molecule has 0 aliphatic rings. The molecule has 0 unspecified atom stereocenters. The van der Waals surface area contributed by atoms with E-state index in [4.69, 9.17) is 4.74 Å². The van der Waals surface area contributed by atoms with Gasteiger partial charge in [-0.2, -0.15) is 13.2 Å². The summed E-state index contributed by atoms with van der Waals surface area (Å²) in [6.45, 7) is -0.306. The average molecular weight is 286 g/mol. The van der Waals surface area contributed by atoms with E-state index in [2.05, 4.69) is 10.2 Å². The van der Waals surface area contributed by atoms with Crippen molar-refractivity contribution < 1.29 is 17.9 Å². The first-order valence-corrected chi connectivity index (χ1v) is 5.48. The van der Waals surface area contributed by atoms with Gasteiger partial charge in [-0.05, 0) is 12.1 Å². The number of nitrogens with one attached hydrogen (secondary N) is 2. The summed E-state index contributed by atoms with van der Waals surface area (Å²) in [6.07, 6.45) is -4.53. The number of rotatable bonds is 3. The molecule has 0 fully saturated rings. The molecule has 106 valence electrons. The number of ether oxygens (including phenoxy) is 1. The minimum absolute atomic E-state index is 0.159. The Morgan fingerprint density at radius 2 is 1.80 bits per heavy atom. The van der Waals surface area contributed by atoms with Crippen molar-refractivity contribution in [2.75, 3.05) is 0 Å². The van der Waals surface area contributed by atoms with Gasteiger partial charge in [0.15, 0.2) is 0 Å². The Labute approximate surface area is 110 Å². The van der Waals surface area contributed by atoms with Crippen LogP contribution in [0.25, 0.3) is 0 Å². The van der Waals surface area contributed by atoms with Gasteiger partial charge in [0.2, 0.25) is 5.43 Å². The van der Waals surface area contributed by atoms with Crippen molar-refractivity contribution in [2.45, 2.75) is 12.8 Å². The molecule has 0 radical (unpaired) electrons. The topological polar surface area (TPSA) is 75.0 Å². The molecule has 0 amide bonds. The number of H-pyrrole nitrogens is 2. The first-order chi connectivity index (χ1) is 9.38. The van der Waals surface area contributed by atoms with Crippen molar-refractivity contribution in [1.82, 2.24) is 10.2 Å². The first kappa shape index (κ1) is 13.9. The normalized spacial score (nSPS) is 11.3. The Hall–Kier alpha value is -2.51. The second-order valence-corrected chi connectivity index (χ2v) is 3.90. The van der Waals surface area contributed by atoms with Crippen LogP contribution in [0.2, 0.25) is 0 Å². The lowest BCUT2D eigenvalue weighted by Crippen LogP contribution is -2.28. The number of aromatic amines is 2. The zero-order chi connectivity index (χ0) is 14.8. The van der Waals surface area contributed by atoms with Gasteiger partial charge < -0.3 is 4.74 Å². The molecule has 0 bridgehead atoms. The van der Waals surface area contributed by atoms with E-state index in [-0.39, 0.29) is 18.1 Å². The van der Waals surface area contributed by atoms with Crippen molar-refractivity contribution >= 4 is 0 Å². The lowest BCUT2D eigenvalue weighted by atomic mass is 10.2. The number of aromatic nitrogens is 2. The monoisotopic (exact) mass is 286 g/mol. The van der Waals surface area contributed by atoms with Crippen molar-refractivity contribution in [2.24, 2.45) is 0 Å². The molecule has 0 spiro atoms. The molecule has 8 heteroatoms. The van der Waals surface area contributed by atoms with E-state index in [0.29, 0.717) is 0 Å². The summed E-state index contributed by atoms with van der Waals surface area (Å²) in [6, 6.07) is 5.68. The van der Waals surface area contributed by atoms with Gasteiger partial charge in [-0.15, -0.1) is 0 Å². The van der Waals surface area contributed by atoms with Gasteiger partial charge in [0, 0.05) is 6.07 Å². The smallest absolute Gasteiger partial charge is 0.419 e. The fraction of sp³-hybridized carbons (Fsp3) is 0.167. The maximum absolute atomic E-state index is 12.7. The molecular formula is C12H9F3N2O3. The fourth-order valence-electron chi connectivity index (χ4n) is 1.52. The standard InChI is InChI=1S/C12H9F3N2O3/c13-12(14,15)8-3-1-2-4-10(8)20-6-7-5-9(18)11(19)17-16-7/h1-5H,6H2,(H,16,18)(H,17,19). The van der Waals surface area contributed by atoms with Crippen LogP contribution in [0.15, 0.2) is 39.9 Å². The quantitative estimate of drug-likeness (QED) is 0.843. The molecule has 0 saturated carbocycles. The van der Waals surface area contributed by atoms with Gasteiger partial charge in [0.25, 0.3) is 0 Å². The molecule has 0 aliphatic carbocycles. The van der Waals surface area contributed by atoms with Gasteiger partial charge in [-0.1, -0.05) is 12.1 Å². The molecule has 2 N–H and O–H groups in total. The SMILES string of the molecule is O=c1cc(COc2ccccc2C(F)(F)F)[nH][nH]c1=O. The fourth-order valence-corrected chi connectivity index (χ4v) is 1.52. The van der Waals surface area contributed by atoms with Crippen molar-refractivity contribution in [3.8, 4) is 5.75 Å². The highest BCUT2D eigenvalue weighted by Gasteiger charge is 2.33. The highest BCUT2D eigenvalue weighted by molar-refractivity contribution is 5.35. The lowest BCUT2D eigenvalue weighted by Gasteiger charge is -2.13. The van der Waals surface area contributed by atoms with Crippen LogP contribution in [0.3, 0.4) is 0 Å². The molecule has 0 saturated heterocycles. The number of benzene rings is 1. The van der Waals surface area contributed by atoms with Crippen LogP contribution in [0.1, 0.15) is 11.3 Å². The van der Waals surface area contributed by atoms with Crippen LogP contribution in [0, 0.1) is 0 Å². The Bertz CT molecular complexity index is 719. The number of para-hydroxylation sites is 1. The van der Waals surface area contributed by atoms with Crippen LogP contribution < -0.4 is 15.7 Å². The second-order valence-electron chi connectivity index (χ2n) is 3.90. The molecule has 5 nitrogen and oxygen atoms in total. The predicted molar refractivity (Wildman–Crippen MR) is 63.5 cm³/mol. The molecule has 1 aromatic heterocycles. The van der Waals surface area contributed by atoms with Crippen LogP contribution in [-0.2, 0) is 12.8 Å². The highest BCUT2D eigenvalue weighted by Crippen LogP contribution is 2.36. The molecule has 20 heavy (non-hydrogen) atoms. The third-order valence-electron chi connectivity index (χ3n) is 2.44. The summed E-state index contributed by atoms with van der Waals surface area (Å²) in [7, 11) is 0. The van der Waals surface area contributed by atoms with Gasteiger partial charge in [0.05, 0.1) is 11.3 Å². The number of alkyl halides is 3. The van der Waals surface area contributed by atoms with Crippen LogP contribution in [0.4, 0.5) is 13.2 Å². The number of hydrogen-bond acceptors (Lipinski definition) is 3. The summed E-state index contributed by atoms with van der Waals surface area (Å²) >= 11 is 0. The van der Waals surface area contributed by atoms with Crippen LogP contribution in [0.5, 0.6) is 5.75 Å². The molecule has 1 heterocycles. The van der Waals surface area contributed by atoms with Gasteiger partial charge in [-0.3, -0.25) is 19.8 Å². The van der Waals surface area contributed by atoms with Gasteiger partial charge in [0.1, 0.15) is 12.4 Å². The largest absolute Gasteiger partial charge is 0.487 e. The molecule has 2 rings (SSSR count). The van der Waals surface area contributed by atoms with Gasteiger partial charge in [-0.25, -0.2) is 0 Å². The van der Waals surface area contributed by atoms with E-state index in [0.717, 1.165) is 12.1 Å². The highest BCUT2D eigenvalue weighted by atomic mass is 19.4. The molecule has 2 aromatic rings. The van der Waals surface area contributed by atoms with Crippen LogP contribution >= 0.6 is 0 Å². The van der Waals surface area contributed by atoms with E-state index >= 15 is 0 Å². The van der Waals surface area contributed by atoms with E-state index in [9.17, 15) is 22.8 Å². The first-order valence-electron chi connectivity index (χ1n) is 5.48. The third kappa shape index (κ3) is 3.08. The number of hydrogen-bond donors (Lipinski definition) is 2.